The first-order chi connectivity index (χ1) is 14.7. The Bertz CT molecular complexity index is 1100. The largest absolute Gasteiger partial charge is 0.543 e. The first kappa shape index (κ1) is 21.9. The van der Waals surface area contributed by atoms with Crippen molar-refractivity contribution >= 4 is 42.0 Å². The fraction of sp³-hybridized carbons (Fsp3) is 0.435. The maximum absolute atomic E-state index is 11.4. The van der Waals surface area contributed by atoms with Crippen molar-refractivity contribution in [2.75, 3.05) is 31.2 Å². The zero-order valence-corrected chi connectivity index (χ0v) is 20.6. The third kappa shape index (κ3) is 4.51. The van der Waals surface area contributed by atoms with Crippen LogP contribution in [0.3, 0.4) is 0 Å². The van der Waals surface area contributed by atoms with Gasteiger partial charge >= 0.3 is 0 Å². The maximum Gasteiger partial charge on any atom is 0.250 e. The van der Waals surface area contributed by atoms with E-state index in [1.807, 2.05) is 30.3 Å². The van der Waals surface area contributed by atoms with Gasteiger partial charge < -0.3 is 14.1 Å². The highest BCUT2D eigenvalue weighted by molar-refractivity contribution is 7.21. The maximum atomic E-state index is 11.4. The number of carbonyl (C=O) groups is 1. The van der Waals surface area contributed by atoms with Gasteiger partial charge in [0.25, 0.3) is 0 Å². The molecule has 6 nitrogen and oxygen atoms in total. The molecular weight excluding hydrogens is 426 g/mol. The third-order valence-corrected chi connectivity index (χ3v) is 11.5. The molecule has 4 rings (SSSR count). The lowest BCUT2D eigenvalue weighted by Crippen LogP contribution is -2.43. The van der Waals surface area contributed by atoms with Gasteiger partial charge in [0, 0.05) is 18.7 Å². The molecule has 2 aromatic heterocycles. The van der Waals surface area contributed by atoms with Crippen LogP contribution in [0.2, 0.25) is 18.1 Å². The van der Waals surface area contributed by atoms with Crippen molar-refractivity contribution in [3.63, 3.8) is 0 Å². The molecule has 0 spiro atoms. The van der Waals surface area contributed by atoms with E-state index in [1.54, 1.807) is 0 Å². The summed E-state index contributed by atoms with van der Waals surface area (Å²) >= 11 is 1.44. The van der Waals surface area contributed by atoms with Crippen molar-refractivity contribution in [3.05, 3.63) is 35.2 Å². The second kappa shape index (κ2) is 8.33. The van der Waals surface area contributed by atoms with Gasteiger partial charge in [0.05, 0.1) is 28.3 Å². The van der Waals surface area contributed by atoms with Crippen LogP contribution < -0.4 is 9.33 Å². The van der Waals surface area contributed by atoms with Gasteiger partial charge in [-0.25, -0.2) is 9.97 Å². The van der Waals surface area contributed by atoms with Crippen LogP contribution in [0.1, 0.15) is 30.4 Å². The number of rotatable bonds is 5. The van der Waals surface area contributed by atoms with Gasteiger partial charge in [-0.3, -0.25) is 4.79 Å². The fourth-order valence-electron chi connectivity index (χ4n) is 3.26. The van der Waals surface area contributed by atoms with Crippen LogP contribution in [-0.4, -0.2) is 50.9 Å². The summed E-state index contributed by atoms with van der Waals surface area (Å²) in [5, 5.41) is 0.115. The summed E-state index contributed by atoms with van der Waals surface area (Å²) in [5.74, 6) is 2.36. The molecule has 3 heterocycles. The van der Waals surface area contributed by atoms with E-state index in [4.69, 9.17) is 19.1 Å². The van der Waals surface area contributed by atoms with Crippen molar-refractivity contribution in [1.82, 2.24) is 9.97 Å². The van der Waals surface area contributed by atoms with Crippen molar-refractivity contribution in [1.29, 1.82) is 0 Å². The Morgan fingerprint density at radius 2 is 1.90 bits per heavy atom. The van der Waals surface area contributed by atoms with E-state index < -0.39 is 8.32 Å². The van der Waals surface area contributed by atoms with Crippen LogP contribution in [0.25, 0.3) is 21.6 Å². The minimum absolute atomic E-state index is 0.115. The van der Waals surface area contributed by atoms with Gasteiger partial charge in [-0.2, -0.15) is 0 Å². The molecule has 31 heavy (non-hydrogen) atoms. The first-order valence-electron chi connectivity index (χ1n) is 10.6. The Hall–Kier alpha value is -2.29. The van der Waals surface area contributed by atoms with Crippen LogP contribution in [0.4, 0.5) is 5.82 Å². The second-order valence-corrected chi connectivity index (χ2v) is 15.1. The molecule has 1 saturated heterocycles. The Morgan fingerprint density at radius 3 is 2.58 bits per heavy atom. The lowest BCUT2D eigenvalue weighted by molar-refractivity contribution is 0.112. The monoisotopic (exact) mass is 455 g/mol. The van der Waals surface area contributed by atoms with Crippen molar-refractivity contribution < 1.29 is 14.0 Å². The molecule has 3 aromatic rings. The summed E-state index contributed by atoms with van der Waals surface area (Å²) in [6.07, 6.45) is 0.878. The lowest BCUT2D eigenvalue weighted by Gasteiger charge is -2.36. The van der Waals surface area contributed by atoms with Crippen molar-refractivity contribution in [2.24, 2.45) is 0 Å². The van der Waals surface area contributed by atoms with E-state index >= 15 is 0 Å². The average molecular weight is 456 g/mol. The number of nitrogens with zero attached hydrogens (tertiary/aromatic N) is 3. The molecular formula is C23H29N3O3SSi. The van der Waals surface area contributed by atoms with Crippen molar-refractivity contribution in [3.8, 4) is 17.1 Å². The number of thiophene rings is 1. The Kier molecular flexibility index (Phi) is 5.89. The number of benzene rings is 1. The number of hydrogen-bond donors (Lipinski definition) is 0. The number of hydrogen-bond acceptors (Lipinski definition) is 7. The summed E-state index contributed by atoms with van der Waals surface area (Å²) in [6, 6.07) is 9.87. The fourth-order valence-corrected chi connectivity index (χ4v) is 5.21. The van der Waals surface area contributed by atoms with Gasteiger partial charge in [-0.05, 0) is 36.3 Å². The molecule has 1 fully saturated rings. The van der Waals surface area contributed by atoms with Gasteiger partial charge in [0.15, 0.2) is 17.9 Å². The summed E-state index contributed by atoms with van der Waals surface area (Å²) in [7, 11) is -1.95. The standard InChI is InChI=1S/C23H29N3O3SSi/c1-23(2,3)31(4,5)29-17-8-6-7-16(13-17)21-24-19-14-18(15-27)30-20(19)22(25-21)26-9-11-28-12-10-26/h6-8,13-15H,9-12H2,1-5H3. The molecule has 0 unspecified atom stereocenters. The predicted octanol–water partition coefficient (Wildman–Crippen LogP) is 5.39. The summed E-state index contributed by atoms with van der Waals surface area (Å²) in [4.78, 5) is 24.0. The van der Waals surface area contributed by atoms with Gasteiger partial charge in [-0.1, -0.05) is 32.9 Å². The van der Waals surface area contributed by atoms with E-state index in [2.05, 4.69) is 38.8 Å². The van der Waals surface area contributed by atoms with E-state index in [-0.39, 0.29) is 5.04 Å². The van der Waals surface area contributed by atoms with Gasteiger partial charge in [-0.15, -0.1) is 11.3 Å². The highest BCUT2D eigenvalue weighted by Gasteiger charge is 2.39. The molecule has 8 heteroatoms. The average Bonchev–Trinajstić information content (AvgIpc) is 3.16. The van der Waals surface area contributed by atoms with E-state index in [9.17, 15) is 4.79 Å². The number of ether oxygens (including phenoxy) is 1. The van der Waals surface area contributed by atoms with E-state index in [1.165, 1.54) is 11.3 Å². The van der Waals surface area contributed by atoms with Crippen LogP contribution in [0, 0.1) is 0 Å². The van der Waals surface area contributed by atoms with Crippen LogP contribution in [0.15, 0.2) is 30.3 Å². The molecule has 0 aliphatic carbocycles. The molecule has 0 amide bonds. The van der Waals surface area contributed by atoms with Crippen molar-refractivity contribution in [2.45, 2.75) is 38.9 Å². The van der Waals surface area contributed by atoms with Crippen LogP contribution in [0.5, 0.6) is 5.75 Å². The minimum Gasteiger partial charge on any atom is -0.543 e. The number of aldehydes is 1. The van der Waals surface area contributed by atoms with Gasteiger partial charge in [0.2, 0.25) is 8.32 Å². The Balaban J connectivity index is 1.76. The third-order valence-electron chi connectivity index (χ3n) is 6.07. The molecule has 0 N–H and O–H groups in total. The Morgan fingerprint density at radius 1 is 1.16 bits per heavy atom. The lowest BCUT2D eigenvalue weighted by atomic mass is 10.2. The zero-order valence-electron chi connectivity index (χ0n) is 18.8. The molecule has 0 radical (unpaired) electrons. The normalized spacial score (nSPS) is 15.3. The highest BCUT2D eigenvalue weighted by atomic mass is 32.1. The summed E-state index contributed by atoms with van der Waals surface area (Å²) in [6.45, 7) is 14.1. The van der Waals surface area contributed by atoms with Gasteiger partial charge in [0.1, 0.15) is 5.75 Å². The summed E-state index contributed by atoms with van der Waals surface area (Å²) < 4.78 is 13.0. The quantitative estimate of drug-likeness (QED) is 0.380. The number of morpholine rings is 1. The number of anilines is 1. The number of fused-ring (bicyclic) bond motifs is 1. The van der Waals surface area contributed by atoms with Crippen LogP contribution in [-0.2, 0) is 4.74 Å². The molecule has 0 atom stereocenters. The second-order valence-electron chi connectivity index (χ2n) is 9.34. The predicted molar refractivity (Wildman–Crippen MR) is 129 cm³/mol. The van der Waals surface area contributed by atoms with E-state index in [0.717, 1.165) is 46.7 Å². The number of aromatic nitrogens is 2. The first-order valence-corrected chi connectivity index (χ1v) is 14.3. The van der Waals surface area contributed by atoms with Crippen LogP contribution >= 0.6 is 11.3 Å². The molecule has 0 saturated carbocycles. The molecule has 1 aliphatic heterocycles. The molecule has 1 aromatic carbocycles. The SMILES string of the molecule is CC(C)(C)[Si](C)(C)Oc1cccc(-c2nc(N3CCOCC3)c3sc(C=O)cc3n2)c1. The Labute approximate surface area is 188 Å². The topological polar surface area (TPSA) is 64.6 Å². The zero-order chi connectivity index (χ0) is 22.2. The molecule has 164 valence electrons. The molecule has 1 aliphatic rings. The van der Waals surface area contributed by atoms with E-state index in [0.29, 0.717) is 23.9 Å². The highest BCUT2D eigenvalue weighted by Crippen LogP contribution is 2.38. The minimum atomic E-state index is -1.95. The summed E-state index contributed by atoms with van der Waals surface area (Å²) in [5.41, 5.74) is 1.71. The molecule has 0 bridgehead atoms. The number of carbonyl (C=O) groups excluding carboxylic acids is 1. The smallest absolute Gasteiger partial charge is 0.250 e.